The van der Waals surface area contributed by atoms with E-state index in [9.17, 15) is 0 Å². The average Bonchev–Trinajstić information content (AvgIpc) is 2.20. The van der Waals surface area contributed by atoms with E-state index in [-0.39, 0.29) is 0 Å². The van der Waals surface area contributed by atoms with E-state index in [0.717, 1.165) is 5.33 Å². The van der Waals surface area contributed by atoms with E-state index in [1.165, 1.54) is 9.13 Å². The molecule has 14 heavy (non-hydrogen) atoms. The molecule has 0 aliphatic carbocycles. The molecule has 1 aromatic carbocycles. The Bertz CT molecular complexity index is 299. The first-order chi connectivity index (χ1) is 6.84. The van der Waals surface area contributed by atoms with Crippen LogP contribution in [0.5, 0.6) is 0 Å². The van der Waals surface area contributed by atoms with Gasteiger partial charge in [0.15, 0.2) is 0 Å². The Morgan fingerprint density at radius 2 is 2.07 bits per heavy atom. The van der Waals surface area contributed by atoms with Crippen LogP contribution < -0.4 is 0 Å². The summed E-state index contributed by atoms with van der Waals surface area (Å²) in [5.74, 6) is 0. The van der Waals surface area contributed by atoms with Crippen molar-refractivity contribution in [3.8, 4) is 0 Å². The Kier molecular flexibility index (Phi) is 6.47. The zero-order chi connectivity index (χ0) is 10.2. The predicted molar refractivity (Wildman–Crippen MR) is 71.7 cm³/mol. The summed E-state index contributed by atoms with van der Waals surface area (Å²) in [4.78, 5) is 0. The fourth-order valence-corrected chi connectivity index (χ4v) is 1.79. The van der Waals surface area contributed by atoms with Crippen LogP contribution in [0.25, 0.3) is 0 Å². The Balaban J connectivity index is 2.31. The van der Waals surface area contributed by atoms with Gasteiger partial charge in [-0.3, -0.25) is 0 Å². The second-order valence-electron chi connectivity index (χ2n) is 2.73. The lowest BCUT2D eigenvalue weighted by Gasteiger charge is -2.03. The van der Waals surface area contributed by atoms with Crippen LogP contribution in [0.4, 0.5) is 0 Å². The molecule has 0 aromatic heterocycles. The number of hydrogen-bond acceptors (Lipinski definition) is 1. The number of benzene rings is 1. The van der Waals surface area contributed by atoms with Crippen LogP contribution in [0.1, 0.15) is 5.56 Å². The van der Waals surface area contributed by atoms with Crippen molar-refractivity contribution in [3.63, 3.8) is 0 Å². The van der Waals surface area contributed by atoms with Crippen LogP contribution in [0.3, 0.4) is 0 Å². The Morgan fingerprint density at radius 3 is 2.79 bits per heavy atom. The lowest BCUT2D eigenvalue weighted by Crippen LogP contribution is -1.94. The molecule has 0 amide bonds. The summed E-state index contributed by atoms with van der Waals surface area (Å²) in [6, 6.07) is 8.26. The molecule has 1 nitrogen and oxygen atoms in total. The SMILES string of the molecule is BrC/C=C/COCc1ccccc1I. The molecule has 0 saturated carbocycles. The Hall–Kier alpha value is 0.130. The molecule has 1 aromatic rings. The molecule has 0 aliphatic heterocycles. The van der Waals surface area contributed by atoms with E-state index >= 15 is 0 Å². The molecule has 0 radical (unpaired) electrons. The maximum Gasteiger partial charge on any atom is 0.0731 e. The number of ether oxygens (including phenoxy) is 1. The topological polar surface area (TPSA) is 9.23 Å². The third-order valence-corrected chi connectivity index (χ3v) is 3.11. The van der Waals surface area contributed by atoms with E-state index in [2.05, 4.69) is 50.7 Å². The quantitative estimate of drug-likeness (QED) is 0.333. The molecule has 0 fully saturated rings. The van der Waals surface area contributed by atoms with Crippen molar-refractivity contribution in [2.24, 2.45) is 0 Å². The maximum atomic E-state index is 5.49. The first-order valence-corrected chi connectivity index (χ1v) is 6.56. The van der Waals surface area contributed by atoms with E-state index in [4.69, 9.17) is 4.74 Å². The van der Waals surface area contributed by atoms with Gasteiger partial charge in [-0.2, -0.15) is 0 Å². The standard InChI is InChI=1S/C11H12BrIO/c12-7-3-4-8-14-9-10-5-1-2-6-11(10)13/h1-6H,7-9H2/b4-3+. The fraction of sp³-hybridized carbons (Fsp3) is 0.273. The highest BCUT2D eigenvalue weighted by Gasteiger charge is 1.96. The Morgan fingerprint density at radius 1 is 1.29 bits per heavy atom. The second-order valence-corrected chi connectivity index (χ2v) is 4.54. The maximum absolute atomic E-state index is 5.49. The average molecular weight is 367 g/mol. The normalized spacial score (nSPS) is 11.0. The molecule has 0 spiro atoms. The van der Waals surface area contributed by atoms with Gasteiger partial charge in [-0.25, -0.2) is 0 Å². The molecule has 0 heterocycles. The lowest BCUT2D eigenvalue weighted by molar-refractivity contribution is 0.148. The first-order valence-electron chi connectivity index (χ1n) is 4.36. The highest BCUT2D eigenvalue weighted by molar-refractivity contribution is 14.1. The van der Waals surface area contributed by atoms with Crippen LogP contribution in [-0.4, -0.2) is 11.9 Å². The number of rotatable bonds is 5. The van der Waals surface area contributed by atoms with Crippen LogP contribution in [-0.2, 0) is 11.3 Å². The minimum atomic E-state index is 0.677. The van der Waals surface area contributed by atoms with E-state index in [0.29, 0.717) is 13.2 Å². The van der Waals surface area contributed by atoms with Gasteiger partial charge in [0.1, 0.15) is 0 Å². The smallest absolute Gasteiger partial charge is 0.0731 e. The van der Waals surface area contributed by atoms with Gasteiger partial charge >= 0.3 is 0 Å². The highest BCUT2D eigenvalue weighted by Crippen LogP contribution is 2.12. The summed E-state index contributed by atoms with van der Waals surface area (Å²) in [5, 5.41) is 0.888. The summed E-state index contributed by atoms with van der Waals surface area (Å²) in [7, 11) is 0. The minimum absolute atomic E-state index is 0.677. The van der Waals surface area contributed by atoms with Crippen LogP contribution in [0.2, 0.25) is 0 Å². The molecule has 0 saturated heterocycles. The van der Waals surface area contributed by atoms with Crippen LogP contribution in [0.15, 0.2) is 36.4 Å². The van der Waals surface area contributed by atoms with Gasteiger partial charge in [0.25, 0.3) is 0 Å². The minimum Gasteiger partial charge on any atom is -0.373 e. The van der Waals surface area contributed by atoms with Crippen molar-refractivity contribution >= 4 is 38.5 Å². The van der Waals surface area contributed by atoms with Gasteiger partial charge in [-0.05, 0) is 34.2 Å². The number of hydrogen-bond donors (Lipinski definition) is 0. The fourth-order valence-electron chi connectivity index (χ4n) is 0.983. The van der Waals surface area contributed by atoms with E-state index < -0.39 is 0 Å². The monoisotopic (exact) mass is 366 g/mol. The number of allylic oxidation sites excluding steroid dienone is 1. The highest BCUT2D eigenvalue weighted by atomic mass is 127. The van der Waals surface area contributed by atoms with Crippen molar-refractivity contribution in [2.45, 2.75) is 6.61 Å². The van der Waals surface area contributed by atoms with Crippen molar-refractivity contribution < 1.29 is 4.74 Å². The van der Waals surface area contributed by atoms with E-state index in [1.54, 1.807) is 0 Å². The molecule has 1 rings (SSSR count). The van der Waals surface area contributed by atoms with Crippen LogP contribution >= 0.6 is 38.5 Å². The zero-order valence-electron chi connectivity index (χ0n) is 7.75. The molecule has 3 heteroatoms. The molecule has 0 aliphatic rings. The van der Waals surface area contributed by atoms with Crippen molar-refractivity contribution in [2.75, 3.05) is 11.9 Å². The van der Waals surface area contributed by atoms with Gasteiger partial charge in [-0.1, -0.05) is 46.3 Å². The molecule has 0 N–H and O–H groups in total. The third kappa shape index (κ3) is 4.57. The molecule has 0 atom stereocenters. The van der Waals surface area contributed by atoms with Gasteiger partial charge in [0.2, 0.25) is 0 Å². The third-order valence-electron chi connectivity index (χ3n) is 1.69. The van der Waals surface area contributed by atoms with Gasteiger partial charge < -0.3 is 4.74 Å². The molecular weight excluding hydrogens is 355 g/mol. The molecule has 0 bridgehead atoms. The summed E-state index contributed by atoms with van der Waals surface area (Å²) in [6.45, 7) is 1.36. The first kappa shape index (κ1) is 12.2. The number of halogens is 2. The summed E-state index contributed by atoms with van der Waals surface area (Å²) in [6.07, 6.45) is 4.06. The Labute approximate surface area is 107 Å². The summed E-state index contributed by atoms with van der Waals surface area (Å²) < 4.78 is 6.75. The number of alkyl halides is 1. The largest absolute Gasteiger partial charge is 0.373 e. The molecular formula is C11H12BrIO. The van der Waals surface area contributed by atoms with Gasteiger partial charge in [0, 0.05) is 8.90 Å². The summed E-state index contributed by atoms with van der Waals surface area (Å²) >= 11 is 5.64. The second kappa shape index (κ2) is 7.43. The summed E-state index contributed by atoms with van der Waals surface area (Å²) in [5.41, 5.74) is 1.25. The van der Waals surface area contributed by atoms with Crippen LogP contribution in [0, 0.1) is 3.57 Å². The zero-order valence-corrected chi connectivity index (χ0v) is 11.5. The molecule has 76 valence electrons. The van der Waals surface area contributed by atoms with Crippen molar-refractivity contribution in [1.82, 2.24) is 0 Å². The molecule has 0 unspecified atom stereocenters. The van der Waals surface area contributed by atoms with Crippen molar-refractivity contribution in [1.29, 1.82) is 0 Å². The van der Waals surface area contributed by atoms with Gasteiger partial charge in [0.05, 0.1) is 13.2 Å². The lowest BCUT2D eigenvalue weighted by atomic mass is 10.2. The van der Waals surface area contributed by atoms with Crippen molar-refractivity contribution in [3.05, 3.63) is 45.6 Å². The van der Waals surface area contributed by atoms with E-state index in [1.807, 2.05) is 24.3 Å². The van der Waals surface area contributed by atoms with Gasteiger partial charge in [-0.15, -0.1) is 0 Å². The predicted octanol–water partition coefficient (Wildman–Crippen LogP) is 3.76.